The lowest BCUT2D eigenvalue weighted by Crippen LogP contribution is -2.12. The maximum Gasteiger partial charge on any atom is 0.346 e. The molecule has 0 N–H and O–H groups in total. The van der Waals surface area contributed by atoms with Crippen molar-refractivity contribution in [2.24, 2.45) is 0 Å². The van der Waals surface area contributed by atoms with Gasteiger partial charge in [0.2, 0.25) is 23.4 Å². The van der Waals surface area contributed by atoms with Crippen LogP contribution in [0.5, 0.6) is 23.0 Å². The Morgan fingerprint density at radius 3 is 1.24 bits per heavy atom. The van der Waals surface area contributed by atoms with Crippen LogP contribution < -0.4 is 18.9 Å². The third-order valence-corrected chi connectivity index (χ3v) is 7.98. The fourth-order valence-corrected chi connectivity index (χ4v) is 5.03. The topological polar surface area (TPSA) is 158 Å². The van der Waals surface area contributed by atoms with Gasteiger partial charge in [-0.25, -0.2) is 36.4 Å². The second-order valence-electron chi connectivity index (χ2n) is 9.37. The van der Waals surface area contributed by atoms with Gasteiger partial charge in [0.25, 0.3) is 0 Å². The summed E-state index contributed by atoms with van der Waals surface area (Å²) in [6, 6.07) is 15.9. The zero-order chi connectivity index (χ0) is 35.6. The van der Waals surface area contributed by atoms with Gasteiger partial charge in [-0.3, -0.25) is 0 Å². The van der Waals surface area contributed by atoms with Crippen LogP contribution >= 0.6 is 0 Å². The van der Waals surface area contributed by atoms with Crippen LogP contribution in [0.15, 0.2) is 120 Å². The Hall–Kier alpha value is -6.35. The normalized spacial score (nSPS) is 10.7. The molecule has 0 unspecified atom stereocenters. The Morgan fingerprint density at radius 1 is 0.571 bits per heavy atom. The first-order valence-corrected chi connectivity index (χ1v) is 15.2. The molecule has 4 aromatic rings. The van der Waals surface area contributed by atoms with Crippen LogP contribution in [-0.2, 0) is 28.9 Å². The first-order chi connectivity index (χ1) is 23.4. The van der Waals surface area contributed by atoms with Gasteiger partial charge in [-0.05, 0) is 72.8 Å². The number of rotatable bonds is 14. The summed E-state index contributed by atoms with van der Waals surface area (Å²) in [4.78, 5) is 46.8. The summed E-state index contributed by atoms with van der Waals surface area (Å²) < 4.78 is 85.0. The highest BCUT2D eigenvalue weighted by molar-refractivity contribution is 7.91. The van der Waals surface area contributed by atoms with Crippen molar-refractivity contribution >= 4 is 33.7 Å². The second kappa shape index (κ2) is 16.0. The van der Waals surface area contributed by atoms with E-state index in [1.807, 2.05) is 0 Å². The molecule has 0 saturated heterocycles. The van der Waals surface area contributed by atoms with Crippen molar-refractivity contribution in [3.8, 4) is 23.0 Å². The number of hydrogen-bond donors (Lipinski definition) is 0. The van der Waals surface area contributed by atoms with E-state index in [-0.39, 0.29) is 32.8 Å². The largest absolute Gasteiger partial charge is 0.457 e. The highest BCUT2D eigenvalue weighted by Gasteiger charge is 2.21. The molecule has 252 valence electrons. The molecule has 0 saturated carbocycles. The van der Waals surface area contributed by atoms with Gasteiger partial charge in [0.1, 0.15) is 34.6 Å². The molecule has 0 aliphatic rings. The lowest BCUT2D eigenvalue weighted by atomic mass is 10.2. The summed E-state index contributed by atoms with van der Waals surface area (Å²) >= 11 is 0. The Kier molecular flexibility index (Phi) is 11.6. The highest BCUT2D eigenvalue weighted by atomic mass is 32.2. The van der Waals surface area contributed by atoms with E-state index in [1.165, 1.54) is 60.7 Å². The molecule has 0 fully saturated rings. The maximum atomic E-state index is 14.5. The molecule has 0 spiro atoms. The van der Waals surface area contributed by atoms with Gasteiger partial charge in [0.05, 0.1) is 20.9 Å². The molecule has 15 heteroatoms. The van der Waals surface area contributed by atoms with Crippen molar-refractivity contribution in [1.29, 1.82) is 0 Å². The number of sulfone groups is 1. The lowest BCUT2D eigenvalue weighted by molar-refractivity contribution is -0.145. The molecule has 0 aliphatic heterocycles. The molecule has 49 heavy (non-hydrogen) atoms. The van der Waals surface area contributed by atoms with Crippen LogP contribution in [0.4, 0.5) is 8.78 Å². The number of benzene rings is 4. The van der Waals surface area contributed by atoms with Crippen molar-refractivity contribution in [3.05, 3.63) is 133 Å². The highest BCUT2D eigenvalue weighted by Crippen LogP contribution is 2.27. The summed E-state index contributed by atoms with van der Waals surface area (Å²) in [6.07, 6.45) is 1.85. The zero-order valence-electron chi connectivity index (χ0n) is 25.1. The van der Waals surface area contributed by atoms with E-state index in [4.69, 9.17) is 18.9 Å². The third kappa shape index (κ3) is 9.36. The first kappa shape index (κ1) is 35.5. The molecule has 0 amide bonds. The number of carbonyl (C=O) groups is 4. The monoisotopic (exact) mass is 694 g/mol. The van der Waals surface area contributed by atoms with Gasteiger partial charge in [0.15, 0.2) is 0 Å². The average molecular weight is 695 g/mol. The van der Waals surface area contributed by atoms with Crippen LogP contribution in [0.25, 0.3) is 0 Å². The SMILES string of the molecule is C=CC(=O)OCOc1ccc(C(=O)Oc2ccc(S(=O)(=O)c3ccc(OC(=O)c4ccc(OCOC(=O)C=C)cc4F)cc3)cc2)c(F)c1. The molecular formula is C34H24F2O12S. The van der Waals surface area contributed by atoms with Crippen molar-refractivity contribution in [2.45, 2.75) is 9.79 Å². The van der Waals surface area contributed by atoms with Crippen LogP contribution in [0.2, 0.25) is 0 Å². The van der Waals surface area contributed by atoms with E-state index in [1.54, 1.807) is 0 Å². The van der Waals surface area contributed by atoms with Gasteiger partial charge in [0, 0.05) is 24.3 Å². The summed E-state index contributed by atoms with van der Waals surface area (Å²) in [5, 5.41) is 0. The predicted molar refractivity (Wildman–Crippen MR) is 165 cm³/mol. The fraction of sp³-hybridized carbons (Fsp3) is 0.0588. The minimum Gasteiger partial charge on any atom is -0.457 e. The van der Waals surface area contributed by atoms with Crippen LogP contribution in [0, 0.1) is 11.6 Å². The van der Waals surface area contributed by atoms with Gasteiger partial charge in [-0.15, -0.1) is 0 Å². The lowest BCUT2D eigenvalue weighted by Gasteiger charge is -2.10. The minimum absolute atomic E-state index is 0.0237. The Balaban J connectivity index is 1.35. The number of halogens is 2. The van der Waals surface area contributed by atoms with Crippen LogP contribution in [0.3, 0.4) is 0 Å². The zero-order valence-corrected chi connectivity index (χ0v) is 25.9. The molecule has 0 atom stereocenters. The van der Waals surface area contributed by atoms with Gasteiger partial charge < -0.3 is 28.4 Å². The molecular weight excluding hydrogens is 670 g/mol. The predicted octanol–water partition coefficient (Wildman–Crippen LogP) is 5.37. The molecule has 4 rings (SSSR count). The summed E-state index contributed by atoms with van der Waals surface area (Å²) in [7, 11) is -4.09. The van der Waals surface area contributed by atoms with Crippen molar-refractivity contribution in [2.75, 3.05) is 13.6 Å². The Labute approximate surface area is 277 Å². The molecule has 0 aliphatic carbocycles. The Bertz CT molecular complexity index is 1870. The summed E-state index contributed by atoms with van der Waals surface area (Å²) in [6.45, 7) is 5.44. The number of carbonyl (C=O) groups excluding carboxylic acids is 4. The number of ether oxygens (including phenoxy) is 6. The molecule has 0 radical (unpaired) electrons. The smallest absolute Gasteiger partial charge is 0.346 e. The minimum atomic E-state index is -4.09. The van der Waals surface area contributed by atoms with E-state index in [9.17, 15) is 36.4 Å². The first-order valence-electron chi connectivity index (χ1n) is 13.7. The second-order valence-corrected chi connectivity index (χ2v) is 11.3. The van der Waals surface area contributed by atoms with E-state index in [0.717, 1.165) is 36.4 Å². The van der Waals surface area contributed by atoms with Gasteiger partial charge >= 0.3 is 23.9 Å². The molecule has 12 nitrogen and oxygen atoms in total. The van der Waals surface area contributed by atoms with Crippen molar-refractivity contribution < 1.29 is 64.8 Å². The standard InChI is InChI=1S/C34H24F2O12S/c1-3-31(37)45-19-43-23-9-15-27(29(35)17-23)33(39)47-21-5-11-25(12-6-21)49(41,42)26-13-7-22(8-14-26)48-34(40)28-16-10-24(18-30(28)36)44-20-46-32(38)4-2/h3-18H,1-2,19-20H2. The fourth-order valence-electron chi connectivity index (χ4n) is 3.77. The van der Waals surface area contributed by atoms with Crippen LogP contribution in [-0.4, -0.2) is 45.9 Å². The Morgan fingerprint density at radius 2 is 0.918 bits per heavy atom. The van der Waals surface area contributed by atoms with Gasteiger partial charge in [-0.1, -0.05) is 13.2 Å². The van der Waals surface area contributed by atoms with E-state index in [2.05, 4.69) is 22.6 Å². The third-order valence-electron chi connectivity index (χ3n) is 6.20. The van der Waals surface area contributed by atoms with Crippen molar-refractivity contribution in [3.63, 3.8) is 0 Å². The van der Waals surface area contributed by atoms with Crippen molar-refractivity contribution in [1.82, 2.24) is 0 Å². The number of hydrogen-bond acceptors (Lipinski definition) is 12. The maximum absolute atomic E-state index is 14.5. The van der Waals surface area contributed by atoms with E-state index in [0.29, 0.717) is 0 Å². The summed E-state index contributed by atoms with van der Waals surface area (Å²) in [5.41, 5.74) is -0.879. The van der Waals surface area contributed by atoms with Gasteiger partial charge in [-0.2, -0.15) is 0 Å². The quantitative estimate of drug-likeness (QED) is 0.0721. The van der Waals surface area contributed by atoms with E-state index >= 15 is 0 Å². The number of esters is 4. The molecule has 4 aromatic carbocycles. The average Bonchev–Trinajstić information content (AvgIpc) is 3.08. The molecule has 0 bridgehead atoms. The summed E-state index contributed by atoms with van der Waals surface area (Å²) in [5.74, 6) is -5.79. The van der Waals surface area contributed by atoms with E-state index < -0.39 is 70.1 Å². The van der Waals surface area contributed by atoms with Crippen LogP contribution in [0.1, 0.15) is 20.7 Å². The molecule has 0 aromatic heterocycles. The molecule has 0 heterocycles.